The lowest BCUT2D eigenvalue weighted by atomic mass is 10.2. The predicted octanol–water partition coefficient (Wildman–Crippen LogP) is 0.568. The summed E-state index contributed by atoms with van der Waals surface area (Å²) in [6.07, 6.45) is 1.65. The van der Waals surface area contributed by atoms with Gasteiger partial charge in [0.05, 0.1) is 13.1 Å². The molecule has 2 aromatic heterocycles. The molecule has 0 unspecified atom stereocenters. The molecule has 8 heteroatoms. The molecular formula is C16H24N6O2. The topological polar surface area (TPSA) is 80.3 Å². The molecule has 24 heavy (non-hydrogen) atoms. The van der Waals surface area contributed by atoms with E-state index in [1.165, 1.54) is 4.68 Å². The summed E-state index contributed by atoms with van der Waals surface area (Å²) in [7, 11) is 0. The molecule has 0 N–H and O–H groups in total. The molecule has 8 nitrogen and oxygen atoms in total. The van der Waals surface area contributed by atoms with Crippen LogP contribution in [0.2, 0.25) is 0 Å². The SMILES string of the molecule is CC(C)c1noc(CN2CCN(CCn3ncccc3=O)CC2)n1. The van der Waals surface area contributed by atoms with Gasteiger partial charge in [-0.05, 0) is 6.07 Å². The van der Waals surface area contributed by atoms with Crippen LogP contribution in [0.25, 0.3) is 0 Å². The van der Waals surface area contributed by atoms with Crippen molar-refractivity contribution in [2.75, 3.05) is 32.7 Å². The first kappa shape index (κ1) is 16.8. The Labute approximate surface area is 141 Å². The fourth-order valence-electron chi connectivity index (χ4n) is 2.72. The number of nitrogens with zero attached hydrogens (tertiary/aromatic N) is 6. The van der Waals surface area contributed by atoms with E-state index in [0.717, 1.165) is 38.5 Å². The molecule has 0 bridgehead atoms. The fraction of sp³-hybridized carbons (Fsp3) is 0.625. The van der Waals surface area contributed by atoms with Crippen molar-refractivity contribution in [3.8, 4) is 0 Å². The van der Waals surface area contributed by atoms with Crippen LogP contribution in [-0.4, -0.2) is 62.4 Å². The summed E-state index contributed by atoms with van der Waals surface area (Å²) in [4.78, 5) is 20.7. The Morgan fingerprint density at radius 3 is 2.58 bits per heavy atom. The van der Waals surface area contributed by atoms with Crippen LogP contribution >= 0.6 is 0 Å². The fourth-order valence-corrected chi connectivity index (χ4v) is 2.72. The number of hydrogen-bond acceptors (Lipinski definition) is 7. The van der Waals surface area contributed by atoms with E-state index in [2.05, 4.69) is 38.9 Å². The van der Waals surface area contributed by atoms with Gasteiger partial charge in [0.1, 0.15) is 0 Å². The first-order valence-electron chi connectivity index (χ1n) is 8.41. The van der Waals surface area contributed by atoms with Crippen LogP contribution in [0.5, 0.6) is 0 Å². The molecule has 0 radical (unpaired) electrons. The quantitative estimate of drug-likeness (QED) is 0.765. The van der Waals surface area contributed by atoms with Crippen molar-refractivity contribution in [1.29, 1.82) is 0 Å². The van der Waals surface area contributed by atoms with E-state index in [0.29, 0.717) is 19.0 Å². The minimum atomic E-state index is -0.0477. The van der Waals surface area contributed by atoms with Gasteiger partial charge in [0.2, 0.25) is 5.89 Å². The van der Waals surface area contributed by atoms with Crippen molar-refractivity contribution in [1.82, 2.24) is 29.7 Å². The third-order valence-electron chi connectivity index (χ3n) is 4.24. The van der Waals surface area contributed by atoms with E-state index in [1.54, 1.807) is 18.3 Å². The smallest absolute Gasteiger partial charge is 0.266 e. The highest BCUT2D eigenvalue weighted by molar-refractivity contribution is 4.92. The van der Waals surface area contributed by atoms with Gasteiger partial charge in [-0.2, -0.15) is 10.1 Å². The average Bonchev–Trinajstić information content (AvgIpc) is 3.04. The lowest BCUT2D eigenvalue weighted by Crippen LogP contribution is -2.47. The van der Waals surface area contributed by atoms with Gasteiger partial charge in [-0.1, -0.05) is 19.0 Å². The molecule has 0 amide bonds. The van der Waals surface area contributed by atoms with Crippen LogP contribution in [0, 0.1) is 0 Å². The van der Waals surface area contributed by atoms with Crippen LogP contribution in [0.1, 0.15) is 31.5 Å². The van der Waals surface area contributed by atoms with E-state index in [4.69, 9.17) is 4.52 Å². The summed E-state index contributed by atoms with van der Waals surface area (Å²) in [6.45, 7) is 10.1. The lowest BCUT2D eigenvalue weighted by molar-refractivity contribution is 0.113. The van der Waals surface area contributed by atoms with Crippen LogP contribution in [-0.2, 0) is 13.1 Å². The third-order valence-corrected chi connectivity index (χ3v) is 4.24. The van der Waals surface area contributed by atoms with Crippen LogP contribution in [0.4, 0.5) is 0 Å². The molecule has 0 saturated carbocycles. The first-order valence-corrected chi connectivity index (χ1v) is 8.41. The Hall–Kier alpha value is -2.06. The molecule has 0 aliphatic carbocycles. The van der Waals surface area contributed by atoms with Gasteiger partial charge in [0.25, 0.3) is 5.56 Å². The summed E-state index contributed by atoms with van der Waals surface area (Å²) in [6, 6.07) is 3.21. The van der Waals surface area contributed by atoms with E-state index in [1.807, 2.05) is 0 Å². The summed E-state index contributed by atoms with van der Waals surface area (Å²) in [5, 5.41) is 8.09. The zero-order valence-corrected chi connectivity index (χ0v) is 14.3. The summed E-state index contributed by atoms with van der Waals surface area (Å²) in [5.41, 5.74) is -0.0477. The molecule has 3 heterocycles. The maximum absolute atomic E-state index is 11.6. The number of rotatable bonds is 6. The van der Waals surface area contributed by atoms with Crippen molar-refractivity contribution in [2.24, 2.45) is 0 Å². The minimum Gasteiger partial charge on any atom is -0.338 e. The van der Waals surface area contributed by atoms with Crippen molar-refractivity contribution in [3.05, 3.63) is 40.4 Å². The van der Waals surface area contributed by atoms with Gasteiger partial charge in [-0.25, -0.2) is 4.68 Å². The van der Waals surface area contributed by atoms with Crippen molar-refractivity contribution >= 4 is 0 Å². The second-order valence-electron chi connectivity index (χ2n) is 6.40. The molecule has 1 aliphatic heterocycles. The van der Waals surface area contributed by atoms with Crippen LogP contribution < -0.4 is 5.56 Å². The Morgan fingerprint density at radius 1 is 1.17 bits per heavy atom. The van der Waals surface area contributed by atoms with Crippen molar-refractivity contribution < 1.29 is 4.52 Å². The molecule has 1 aliphatic rings. The average molecular weight is 332 g/mol. The summed E-state index contributed by atoms with van der Waals surface area (Å²) >= 11 is 0. The van der Waals surface area contributed by atoms with E-state index >= 15 is 0 Å². The maximum Gasteiger partial charge on any atom is 0.266 e. The summed E-state index contributed by atoms with van der Waals surface area (Å²) in [5.74, 6) is 1.74. The molecule has 2 aromatic rings. The lowest BCUT2D eigenvalue weighted by Gasteiger charge is -2.33. The molecular weight excluding hydrogens is 308 g/mol. The Bertz CT molecular complexity index is 702. The van der Waals surface area contributed by atoms with Crippen molar-refractivity contribution in [3.63, 3.8) is 0 Å². The molecule has 0 aromatic carbocycles. The Morgan fingerprint density at radius 2 is 1.92 bits per heavy atom. The molecule has 0 spiro atoms. The van der Waals surface area contributed by atoms with Gasteiger partial charge >= 0.3 is 0 Å². The first-order chi connectivity index (χ1) is 11.6. The van der Waals surface area contributed by atoms with Crippen molar-refractivity contribution in [2.45, 2.75) is 32.9 Å². The van der Waals surface area contributed by atoms with Crippen LogP contribution in [0.15, 0.2) is 27.6 Å². The normalized spacial score (nSPS) is 16.8. The standard InChI is InChI=1S/C16H24N6O2/c1-13(2)16-18-14(24-19-16)12-21-8-6-20(7-9-21)10-11-22-15(23)4-3-5-17-22/h3-5,13H,6-12H2,1-2H3. The highest BCUT2D eigenvalue weighted by Crippen LogP contribution is 2.12. The summed E-state index contributed by atoms with van der Waals surface area (Å²) < 4.78 is 6.82. The van der Waals surface area contributed by atoms with E-state index in [9.17, 15) is 4.79 Å². The van der Waals surface area contributed by atoms with Gasteiger partial charge < -0.3 is 4.52 Å². The molecule has 3 rings (SSSR count). The second kappa shape index (κ2) is 7.67. The largest absolute Gasteiger partial charge is 0.338 e. The van der Waals surface area contributed by atoms with Gasteiger partial charge in [0, 0.05) is 50.9 Å². The zero-order chi connectivity index (χ0) is 16.9. The number of aromatic nitrogens is 4. The zero-order valence-electron chi connectivity index (χ0n) is 14.3. The second-order valence-corrected chi connectivity index (χ2v) is 6.40. The minimum absolute atomic E-state index is 0.0477. The molecule has 130 valence electrons. The Balaban J connectivity index is 1.44. The van der Waals surface area contributed by atoms with E-state index < -0.39 is 0 Å². The number of hydrogen-bond donors (Lipinski definition) is 0. The monoisotopic (exact) mass is 332 g/mol. The van der Waals surface area contributed by atoms with Crippen LogP contribution in [0.3, 0.4) is 0 Å². The van der Waals surface area contributed by atoms with Gasteiger partial charge in [0.15, 0.2) is 5.82 Å². The highest BCUT2D eigenvalue weighted by atomic mass is 16.5. The highest BCUT2D eigenvalue weighted by Gasteiger charge is 2.19. The molecule has 1 saturated heterocycles. The van der Waals surface area contributed by atoms with Gasteiger partial charge in [-0.3, -0.25) is 14.6 Å². The van der Waals surface area contributed by atoms with E-state index in [-0.39, 0.29) is 11.5 Å². The molecule has 1 fully saturated rings. The molecule has 0 atom stereocenters. The van der Waals surface area contributed by atoms with Gasteiger partial charge in [-0.15, -0.1) is 0 Å². The Kier molecular flexibility index (Phi) is 5.37. The number of piperazine rings is 1. The maximum atomic E-state index is 11.6. The predicted molar refractivity (Wildman–Crippen MR) is 88.6 cm³/mol. The third kappa shape index (κ3) is 4.27.